The van der Waals surface area contributed by atoms with Gasteiger partial charge in [-0.2, -0.15) is 0 Å². The Balaban J connectivity index is 2.04. The molecule has 0 bridgehead atoms. The van der Waals surface area contributed by atoms with Crippen LogP contribution in [0.3, 0.4) is 0 Å². The van der Waals surface area contributed by atoms with Gasteiger partial charge in [-0.25, -0.2) is 4.98 Å². The van der Waals surface area contributed by atoms with Crippen molar-refractivity contribution in [1.82, 2.24) is 9.97 Å². The highest BCUT2D eigenvalue weighted by molar-refractivity contribution is 6.33. The van der Waals surface area contributed by atoms with Crippen molar-refractivity contribution in [2.45, 2.75) is 13.8 Å². The number of imidazole rings is 1. The lowest BCUT2D eigenvalue weighted by atomic mass is 10.2. The van der Waals surface area contributed by atoms with Gasteiger partial charge in [-0.05, 0) is 37.6 Å². The molecule has 2 N–H and O–H groups in total. The maximum atomic E-state index is 6.23. The summed E-state index contributed by atoms with van der Waals surface area (Å²) in [6, 6.07) is 9.68. The van der Waals surface area contributed by atoms with Crippen molar-refractivity contribution < 1.29 is 4.74 Å². The predicted octanol–water partition coefficient (Wildman–Crippen LogP) is 4.59. The molecule has 0 saturated heterocycles. The maximum Gasteiger partial charge on any atom is 0.205 e. The first kappa shape index (κ1) is 13.8. The highest BCUT2D eigenvalue weighted by Gasteiger charge is 2.11. The van der Waals surface area contributed by atoms with Crippen LogP contribution in [0.1, 0.15) is 11.1 Å². The van der Waals surface area contributed by atoms with E-state index in [1.54, 1.807) is 7.11 Å². The molecule has 1 aromatic heterocycles. The second-order valence-corrected chi connectivity index (χ2v) is 5.34. The molecular weight excluding hydrogens is 286 g/mol. The number of hydrogen-bond acceptors (Lipinski definition) is 3. The van der Waals surface area contributed by atoms with Gasteiger partial charge in [0.2, 0.25) is 5.95 Å². The number of halogens is 1. The number of aromatic amines is 1. The molecule has 3 rings (SSSR count). The molecule has 0 unspecified atom stereocenters. The molecule has 0 aliphatic rings. The van der Waals surface area contributed by atoms with E-state index in [2.05, 4.69) is 15.3 Å². The van der Waals surface area contributed by atoms with Gasteiger partial charge >= 0.3 is 0 Å². The van der Waals surface area contributed by atoms with E-state index in [-0.39, 0.29) is 0 Å². The Morgan fingerprint density at radius 2 is 2.00 bits per heavy atom. The van der Waals surface area contributed by atoms with Crippen molar-refractivity contribution >= 4 is 34.3 Å². The SMILES string of the molecule is COc1ccc2[nH]c(Nc3c(C)cccc3Cl)nc2c1C. The number of benzene rings is 2. The summed E-state index contributed by atoms with van der Waals surface area (Å²) in [5, 5.41) is 3.93. The van der Waals surface area contributed by atoms with E-state index in [1.807, 2.05) is 44.2 Å². The largest absolute Gasteiger partial charge is 0.496 e. The lowest BCUT2D eigenvalue weighted by Gasteiger charge is -2.08. The number of hydrogen-bond donors (Lipinski definition) is 2. The molecule has 0 radical (unpaired) electrons. The number of ether oxygens (including phenoxy) is 1. The fourth-order valence-electron chi connectivity index (χ4n) is 2.38. The average molecular weight is 302 g/mol. The van der Waals surface area contributed by atoms with E-state index in [0.29, 0.717) is 11.0 Å². The number of para-hydroxylation sites is 1. The summed E-state index contributed by atoms with van der Waals surface area (Å²) in [7, 11) is 1.66. The highest BCUT2D eigenvalue weighted by atomic mass is 35.5. The van der Waals surface area contributed by atoms with E-state index in [9.17, 15) is 0 Å². The number of fused-ring (bicyclic) bond motifs is 1. The average Bonchev–Trinajstić information content (AvgIpc) is 2.87. The molecule has 0 fully saturated rings. The molecule has 4 nitrogen and oxygen atoms in total. The Labute approximate surface area is 128 Å². The first-order valence-electron chi connectivity index (χ1n) is 6.65. The van der Waals surface area contributed by atoms with E-state index in [0.717, 1.165) is 33.6 Å². The molecule has 2 aromatic carbocycles. The smallest absolute Gasteiger partial charge is 0.205 e. The third-order valence-electron chi connectivity index (χ3n) is 3.54. The minimum absolute atomic E-state index is 0.664. The van der Waals surface area contributed by atoms with Gasteiger partial charge in [-0.3, -0.25) is 0 Å². The zero-order valence-electron chi connectivity index (χ0n) is 12.1. The van der Waals surface area contributed by atoms with Crippen LogP contribution in [0.15, 0.2) is 30.3 Å². The third-order valence-corrected chi connectivity index (χ3v) is 3.86. The van der Waals surface area contributed by atoms with Crippen LogP contribution in [0.25, 0.3) is 11.0 Å². The molecule has 1 heterocycles. The zero-order chi connectivity index (χ0) is 15.0. The molecule has 0 aliphatic carbocycles. The maximum absolute atomic E-state index is 6.23. The van der Waals surface area contributed by atoms with Crippen LogP contribution in [0, 0.1) is 13.8 Å². The van der Waals surface area contributed by atoms with Crippen molar-refractivity contribution in [3.05, 3.63) is 46.5 Å². The minimum Gasteiger partial charge on any atom is -0.496 e. The Kier molecular flexibility index (Phi) is 3.47. The van der Waals surface area contributed by atoms with Crippen molar-refractivity contribution in [1.29, 1.82) is 0 Å². The zero-order valence-corrected chi connectivity index (χ0v) is 12.9. The number of aryl methyl sites for hydroxylation is 2. The fourth-order valence-corrected chi connectivity index (χ4v) is 2.65. The normalized spacial score (nSPS) is 10.9. The Morgan fingerprint density at radius 3 is 2.71 bits per heavy atom. The summed E-state index contributed by atoms with van der Waals surface area (Å²) in [4.78, 5) is 7.85. The van der Waals surface area contributed by atoms with Crippen molar-refractivity contribution in [3.63, 3.8) is 0 Å². The van der Waals surface area contributed by atoms with Crippen LogP contribution in [-0.4, -0.2) is 17.1 Å². The summed E-state index contributed by atoms with van der Waals surface area (Å²) in [5.41, 5.74) is 4.79. The van der Waals surface area contributed by atoms with Gasteiger partial charge in [-0.1, -0.05) is 23.7 Å². The summed E-state index contributed by atoms with van der Waals surface area (Å²) in [6.07, 6.45) is 0. The summed E-state index contributed by atoms with van der Waals surface area (Å²) in [5.74, 6) is 1.49. The molecule has 0 saturated carbocycles. The van der Waals surface area contributed by atoms with Gasteiger partial charge in [-0.15, -0.1) is 0 Å². The number of methoxy groups -OCH3 is 1. The molecule has 0 atom stereocenters. The summed E-state index contributed by atoms with van der Waals surface area (Å²) in [6.45, 7) is 4.00. The number of aromatic nitrogens is 2. The van der Waals surface area contributed by atoms with Gasteiger partial charge in [0.05, 0.1) is 28.9 Å². The van der Waals surface area contributed by atoms with E-state index >= 15 is 0 Å². The molecule has 108 valence electrons. The van der Waals surface area contributed by atoms with Crippen molar-refractivity contribution in [2.24, 2.45) is 0 Å². The lowest BCUT2D eigenvalue weighted by Crippen LogP contribution is -1.95. The van der Waals surface area contributed by atoms with Gasteiger partial charge < -0.3 is 15.0 Å². The van der Waals surface area contributed by atoms with Gasteiger partial charge in [0.1, 0.15) is 5.75 Å². The standard InChI is InChI=1S/C16H16ClN3O/c1-9-5-4-6-11(17)14(9)19-16-18-12-7-8-13(21-3)10(2)15(12)20-16/h4-8H,1-3H3,(H2,18,19,20). The van der Waals surface area contributed by atoms with E-state index in [1.165, 1.54) is 0 Å². The molecule has 0 spiro atoms. The number of nitrogens with zero attached hydrogens (tertiary/aromatic N) is 1. The number of anilines is 2. The second kappa shape index (κ2) is 5.30. The summed E-state index contributed by atoms with van der Waals surface area (Å²) >= 11 is 6.23. The third kappa shape index (κ3) is 2.43. The molecular formula is C16H16ClN3O. The molecule has 0 amide bonds. The van der Waals surface area contributed by atoms with Crippen LogP contribution >= 0.6 is 11.6 Å². The first-order valence-corrected chi connectivity index (χ1v) is 7.03. The molecule has 3 aromatic rings. The molecule has 5 heteroatoms. The van der Waals surface area contributed by atoms with Gasteiger partial charge in [0, 0.05) is 5.56 Å². The number of nitrogens with one attached hydrogen (secondary N) is 2. The monoisotopic (exact) mass is 301 g/mol. The van der Waals surface area contributed by atoms with Crippen LogP contribution in [0.4, 0.5) is 11.6 Å². The van der Waals surface area contributed by atoms with E-state index < -0.39 is 0 Å². The van der Waals surface area contributed by atoms with Crippen LogP contribution in [-0.2, 0) is 0 Å². The quantitative estimate of drug-likeness (QED) is 0.744. The van der Waals surface area contributed by atoms with Crippen molar-refractivity contribution in [3.8, 4) is 5.75 Å². The van der Waals surface area contributed by atoms with Crippen molar-refractivity contribution in [2.75, 3.05) is 12.4 Å². The number of H-pyrrole nitrogens is 1. The lowest BCUT2D eigenvalue weighted by molar-refractivity contribution is 0.412. The Hall–Kier alpha value is -2.20. The fraction of sp³-hybridized carbons (Fsp3) is 0.188. The van der Waals surface area contributed by atoms with E-state index in [4.69, 9.17) is 16.3 Å². The van der Waals surface area contributed by atoms with Crippen LogP contribution in [0.2, 0.25) is 5.02 Å². The van der Waals surface area contributed by atoms with Gasteiger partial charge in [0.25, 0.3) is 0 Å². The predicted molar refractivity (Wildman–Crippen MR) is 86.9 cm³/mol. The van der Waals surface area contributed by atoms with Gasteiger partial charge in [0.15, 0.2) is 0 Å². The molecule has 0 aliphatic heterocycles. The Morgan fingerprint density at radius 1 is 1.19 bits per heavy atom. The minimum atomic E-state index is 0.664. The van der Waals surface area contributed by atoms with Crippen LogP contribution in [0.5, 0.6) is 5.75 Å². The topological polar surface area (TPSA) is 49.9 Å². The second-order valence-electron chi connectivity index (χ2n) is 4.93. The first-order chi connectivity index (χ1) is 10.1. The Bertz CT molecular complexity index is 790. The molecule has 21 heavy (non-hydrogen) atoms. The highest BCUT2D eigenvalue weighted by Crippen LogP contribution is 2.30. The summed E-state index contributed by atoms with van der Waals surface area (Å²) < 4.78 is 5.32. The van der Waals surface area contributed by atoms with Crippen LogP contribution < -0.4 is 10.1 Å². The number of rotatable bonds is 3.